The van der Waals surface area contributed by atoms with Gasteiger partial charge in [0.15, 0.2) is 5.96 Å². The zero-order chi connectivity index (χ0) is 20.1. The van der Waals surface area contributed by atoms with E-state index < -0.39 is 5.60 Å². The van der Waals surface area contributed by atoms with Crippen LogP contribution in [0.25, 0.3) is 0 Å². The molecule has 0 bridgehead atoms. The first-order valence-electron chi connectivity index (χ1n) is 10.3. The van der Waals surface area contributed by atoms with Crippen molar-refractivity contribution in [3.05, 3.63) is 0 Å². The number of nitrogens with zero attached hydrogens (tertiary/aromatic N) is 3. The number of piperazine rings is 1. The van der Waals surface area contributed by atoms with Gasteiger partial charge in [0.2, 0.25) is 0 Å². The number of rotatable bonds is 9. The van der Waals surface area contributed by atoms with Crippen molar-refractivity contribution >= 4 is 12.1 Å². The lowest BCUT2D eigenvalue weighted by Gasteiger charge is -2.34. The van der Waals surface area contributed by atoms with E-state index in [1.165, 1.54) is 0 Å². The predicted molar refractivity (Wildman–Crippen MR) is 111 cm³/mol. The number of carbonyl (C=O) groups is 1. The molecule has 0 aliphatic carbocycles. The lowest BCUT2D eigenvalue weighted by Crippen LogP contribution is -2.49. The Labute approximate surface area is 165 Å². The monoisotopic (exact) mass is 384 g/mol. The standard InChI is InChI=1S/C19H40N6O2/c1-6-20-17(21-9-8-10-23-18(26)27-19(3,4)5)22-11-12-25-15-13-24(7-2)14-16-25/h6-16H2,1-5H3,(H,23,26)(H2,20,21,22). The first-order chi connectivity index (χ1) is 12.8. The van der Waals surface area contributed by atoms with Gasteiger partial charge in [-0.1, -0.05) is 6.92 Å². The second-order valence-electron chi connectivity index (χ2n) is 7.75. The van der Waals surface area contributed by atoms with Crippen LogP contribution in [0.3, 0.4) is 0 Å². The second kappa shape index (κ2) is 12.8. The molecule has 3 N–H and O–H groups in total. The number of aliphatic imine (C=N–C) groups is 1. The Kier molecular flexibility index (Phi) is 11.1. The molecule has 0 spiro atoms. The topological polar surface area (TPSA) is 81.2 Å². The maximum Gasteiger partial charge on any atom is 0.407 e. The largest absolute Gasteiger partial charge is 0.444 e. The van der Waals surface area contributed by atoms with Gasteiger partial charge in [0.05, 0.1) is 0 Å². The van der Waals surface area contributed by atoms with E-state index in [4.69, 9.17) is 4.74 Å². The number of guanidine groups is 1. The quantitative estimate of drug-likeness (QED) is 0.314. The highest BCUT2D eigenvalue weighted by molar-refractivity contribution is 5.79. The van der Waals surface area contributed by atoms with E-state index in [1.54, 1.807) is 0 Å². The van der Waals surface area contributed by atoms with Crippen LogP contribution in [0.4, 0.5) is 4.79 Å². The number of amides is 1. The molecular formula is C19H40N6O2. The fraction of sp³-hybridized carbons (Fsp3) is 0.895. The summed E-state index contributed by atoms with van der Waals surface area (Å²) in [6, 6.07) is 0. The summed E-state index contributed by atoms with van der Waals surface area (Å²) in [6.07, 6.45) is 0.397. The van der Waals surface area contributed by atoms with Crippen molar-refractivity contribution < 1.29 is 9.53 Å². The Morgan fingerprint density at radius 1 is 1.00 bits per heavy atom. The number of hydrogen-bond donors (Lipinski definition) is 3. The Morgan fingerprint density at radius 2 is 1.67 bits per heavy atom. The Bertz CT molecular complexity index is 442. The van der Waals surface area contributed by atoms with Crippen LogP contribution in [-0.2, 0) is 4.74 Å². The molecule has 1 heterocycles. The third-order valence-electron chi connectivity index (χ3n) is 4.25. The van der Waals surface area contributed by atoms with Gasteiger partial charge in [0.1, 0.15) is 5.60 Å². The lowest BCUT2D eigenvalue weighted by molar-refractivity contribution is 0.0527. The molecule has 1 amide bonds. The van der Waals surface area contributed by atoms with Crippen LogP contribution >= 0.6 is 0 Å². The maximum atomic E-state index is 11.6. The van der Waals surface area contributed by atoms with Gasteiger partial charge < -0.3 is 25.6 Å². The minimum absolute atomic E-state index is 0.375. The molecule has 8 nitrogen and oxygen atoms in total. The van der Waals surface area contributed by atoms with E-state index in [0.717, 1.165) is 64.7 Å². The molecule has 0 aromatic rings. The number of hydrogen-bond acceptors (Lipinski definition) is 5. The van der Waals surface area contributed by atoms with Gasteiger partial charge in [-0.25, -0.2) is 4.79 Å². The van der Waals surface area contributed by atoms with E-state index in [9.17, 15) is 4.79 Å². The smallest absolute Gasteiger partial charge is 0.407 e. The number of alkyl carbamates (subject to hydrolysis) is 1. The van der Waals surface area contributed by atoms with Gasteiger partial charge in [0.25, 0.3) is 0 Å². The molecule has 1 fully saturated rings. The minimum Gasteiger partial charge on any atom is -0.444 e. The summed E-state index contributed by atoms with van der Waals surface area (Å²) in [7, 11) is 0. The summed E-state index contributed by atoms with van der Waals surface area (Å²) in [6.45, 7) is 19.5. The van der Waals surface area contributed by atoms with Crippen molar-refractivity contribution in [2.75, 3.05) is 65.4 Å². The van der Waals surface area contributed by atoms with Crippen LogP contribution in [-0.4, -0.2) is 92.9 Å². The van der Waals surface area contributed by atoms with Crippen molar-refractivity contribution in [2.24, 2.45) is 4.99 Å². The highest BCUT2D eigenvalue weighted by atomic mass is 16.6. The molecule has 1 saturated heterocycles. The molecule has 0 radical (unpaired) electrons. The SMILES string of the molecule is CCNC(=NCCCNC(=O)OC(C)(C)C)NCCN1CCN(CC)CC1. The van der Waals surface area contributed by atoms with E-state index in [-0.39, 0.29) is 6.09 Å². The molecule has 1 aliphatic rings. The molecule has 8 heteroatoms. The molecule has 0 aromatic heterocycles. The summed E-state index contributed by atoms with van der Waals surface area (Å²) in [5, 5.41) is 9.42. The van der Waals surface area contributed by atoms with Crippen LogP contribution in [0.1, 0.15) is 41.0 Å². The Morgan fingerprint density at radius 3 is 2.26 bits per heavy atom. The van der Waals surface area contributed by atoms with Crippen molar-refractivity contribution in [3.8, 4) is 0 Å². The lowest BCUT2D eigenvalue weighted by atomic mass is 10.2. The molecule has 1 aliphatic heterocycles. The van der Waals surface area contributed by atoms with Crippen molar-refractivity contribution in [3.63, 3.8) is 0 Å². The summed E-state index contributed by atoms with van der Waals surface area (Å²) in [5.41, 5.74) is -0.465. The third-order valence-corrected chi connectivity index (χ3v) is 4.25. The third kappa shape index (κ3) is 11.7. The van der Waals surface area contributed by atoms with Crippen LogP contribution in [0, 0.1) is 0 Å². The summed E-state index contributed by atoms with van der Waals surface area (Å²) >= 11 is 0. The number of ether oxygens (including phenoxy) is 1. The first kappa shape index (κ1) is 23.5. The number of carbonyl (C=O) groups excluding carboxylic acids is 1. The van der Waals surface area contributed by atoms with Crippen LogP contribution in [0.5, 0.6) is 0 Å². The van der Waals surface area contributed by atoms with Gasteiger partial charge in [-0.15, -0.1) is 0 Å². The molecule has 158 valence electrons. The highest BCUT2D eigenvalue weighted by Crippen LogP contribution is 2.06. The molecule has 0 unspecified atom stereocenters. The Hall–Kier alpha value is -1.54. The van der Waals surface area contributed by atoms with Gasteiger partial charge >= 0.3 is 6.09 Å². The summed E-state index contributed by atoms with van der Waals surface area (Å²) in [4.78, 5) is 21.1. The summed E-state index contributed by atoms with van der Waals surface area (Å²) in [5.74, 6) is 0.835. The van der Waals surface area contributed by atoms with Gasteiger partial charge in [-0.2, -0.15) is 0 Å². The maximum absolute atomic E-state index is 11.6. The van der Waals surface area contributed by atoms with E-state index in [0.29, 0.717) is 13.1 Å². The fourth-order valence-electron chi connectivity index (χ4n) is 2.78. The van der Waals surface area contributed by atoms with Crippen LogP contribution in [0.2, 0.25) is 0 Å². The van der Waals surface area contributed by atoms with Gasteiger partial charge in [0, 0.05) is 58.9 Å². The zero-order valence-corrected chi connectivity index (χ0v) is 17.9. The van der Waals surface area contributed by atoms with E-state index in [1.807, 2.05) is 20.8 Å². The molecule has 1 rings (SSSR count). The second-order valence-corrected chi connectivity index (χ2v) is 7.75. The van der Waals surface area contributed by atoms with Crippen molar-refractivity contribution in [1.29, 1.82) is 0 Å². The predicted octanol–water partition coefficient (Wildman–Crippen LogP) is 1.09. The van der Waals surface area contributed by atoms with Crippen molar-refractivity contribution in [1.82, 2.24) is 25.8 Å². The Balaban J connectivity index is 2.19. The van der Waals surface area contributed by atoms with Crippen molar-refractivity contribution in [2.45, 2.75) is 46.6 Å². The van der Waals surface area contributed by atoms with E-state index in [2.05, 4.69) is 44.6 Å². The van der Waals surface area contributed by atoms with Crippen LogP contribution in [0.15, 0.2) is 4.99 Å². The highest BCUT2D eigenvalue weighted by Gasteiger charge is 2.16. The number of nitrogens with one attached hydrogen (secondary N) is 3. The van der Waals surface area contributed by atoms with E-state index >= 15 is 0 Å². The molecule has 0 aromatic carbocycles. The molecule has 27 heavy (non-hydrogen) atoms. The normalized spacial score (nSPS) is 16.9. The summed E-state index contributed by atoms with van der Waals surface area (Å²) < 4.78 is 5.21. The first-order valence-corrected chi connectivity index (χ1v) is 10.3. The minimum atomic E-state index is -0.465. The molecular weight excluding hydrogens is 344 g/mol. The average molecular weight is 385 g/mol. The molecule has 0 atom stereocenters. The van der Waals surface area contributed by atoms with Gasteiger partial charge in [-0.05, 0) is 40.7 Å². The zero-order valence-electron chi connectivity index (χ0n) is 17.9. The fourth-order valence-corrected chi connectivity index (χ4v) is 2.78. The number of likely N-dealkylation sites (N-methyl/N-ethyl adjacent to an activating group) is 1. The van der Waals surface area contributed by atoms with Crippen LogP contribution < -0.4 is 16.0 Å². The molecule has 0 saturated carbocycles. The average Bonchev–Trinajstić information content (AvgIpc) is 2.60. The van der Waals surface area contributed by atoms with Gasteiger partial charge in [-0.3, -0.25) is 9.89 Å².